The summed E-state index contributed by atoms with van der Waals surface area (Å²) in [4.78, 5) is 4.81. The molecule has 0 aromatic carbocycles. The number of hydrogen-bond acceptors (Lipinski definition) is 2. The minimum absolute atomic E-state index is 0.0409. The third-order valence-corrected chi connectivity index (χ3v) is 3.35. The smallest absolute Gasteiger partial charge is 0.138 e. The summed E-state index contributed by atoms with van der Waals surface area (Å²) in [5.74, 6) is 1.16. The van der Waals surface area contributed by atoms with Gasteiger partial charge in [0, 0.05) is 11.7 Å². The molecular weight excluding hydrogens is 246 g/mol. The quantitative estimate of drug-likeness (QED) is 0.808. The first-order valence-electron chi connectivity index (χ1n) is 7.66. The topological polar surface area (TPSA) is 29.3 Å². The summed E-state index contributed by atoms with van der Waals surface area (Å²) in [6, 6.07) is 4.23. The van der Waals surface area contributed by atoms with Crippen molar-refractivity contribution in [3.05, 3.63) is 29.6 Å². The van der Waals surface area contributed by atoms with Crippen molar-refractivity contribution in [3.63, 3.8) is 0 Å². The number of hydrogen-bond donors (Lipinski definition) is 1. The van der Waals surface area contributed by atoms with Crippen molar-refractivity contribution in [3.8, 4) is 0 Å². The van der Waals surface area contributed by atoms with Gasteiger partial charge in [0.2, 0.25) is 0 Å². The molecule has 2 heterocycles. The Bertz CT molecular complexity index is 576. The maximum Gasteiger partial charge on any atom is 0.138 e. The lowest BCUT2D eigenvalue weighted by atomic mass is 10.1. The van der Waals surface area contributed by atoms with Gasteiger partial charge in [0.1, 0.15) is 11.5 Å². The Morgan fingerprint density at radius 2 is 1.95 bits per heavy atom. The number of pyridine rings is 1. The van der Waals surface area contributed by atoms with E-state index >= 15 is 0 Å². The summed E-state index contributed by atoms with van der Waals surface area (Å²) >= 11 is 0. The number of imidazole rings is 1. The fraction of sp³-hybridized carbons (Fsp3) is 0.588. The Balaban J connectivity index is 2.40. The SMILES string of the molecule is CCCCCc1nc2ccc(C)cn2c1NC(C)(C)C. The number of unbranched alkanes of at least 4 members (excludes halogenated alkanes) is 2. The van der Waals surface area contributed by atoms with E-state index in [2.05, 4.69) is 62.7 Å². The van der Waals surface area contributed by atoms with Crippen LogP contribution in [0.1, 0.15) is 58.2 Å². The zero-order valence-corrected chi connectivity index (χ0v) is 13.5. The molecule has 3 heteroatoms. The van der Waals surface area contributed by atoms with Crippen LogP contribution in [-0.4, -0.2) is 14.9 Å². The molecule has 0 saturated heterocycles. The molecule has 0 amide bonds. The number of anilines is 1. The largest absolute Gasteiger partial charge is 0.365 e. The fourth-order valence-electron chi connectivity index (χ4n) is 2.40. The highest BCUT2D eigenvalue weighted by molar-refractivity contribution is 5.56. The van der Waals surface area contributed by atoms with Gasteiger partial charge in [-0.2, -0.15) is 0 Å². The van der Waals surface area contributed by atoms with Crippen molar-refractivity contribution < 1.29 is 0 Å². The van der Waals surface area contributed by atoms with Gasteiger partial charge in [0.25, 0.3) is 0 Å². The molecule has 1 N–H and O–H groups in total. The van der Waals surface area contributed by atoms with E-state index in [1.165, 1.54) is 30.5 Å². The molecule has 0 fully saturated rings. The fourth-order valence-corrected chi connectivity index (χ4v) is 2.40. The molecule has 0 unspecified atom stereocenters. The Morgan fingerprint density at radius 3 is 2.60 bits per heavy atom. The normalized spacial score (nSPS) is 12.1. The highest BCUT2D eigenvalue weighted by Gasteiger charge is 2.17. The van der Waals surface area contributed by atoms with Crippen LogP contribution >= 0.6 is 0 Å². The van der Waals surface area contributed by atoms with Crippen LogP contribution in [0.3, 0.4) is 0 Å². The van der Waals surface area contributed by atoms with Crippen molar-refractivity contribution in [2.75, 3.05) is 5.32 Å². The lowest BCUT2D eigenvalue weighted by Gasteiger charge is -2.22. The van der Waals surface area contributed by atoms with Crippen LogP contribution in [0.25, 0.3) is 5.65 Å². The lowest BCUT2D eigenvalue weighted by molar-refractivity contribution is 0.625. The van der Waals surface area contributed by atoms with Crippen LogP contribution in [-0.2, 0) is 6.42 Å². The predicted molar refractivity (Wildman–Crippen MR) is 86.5 cm³/mol. The van der Waals surface area contributed by atoms with Crippen molar-refractivity contribution in [1.29, 1.82) is 0 Å². The highest BCUT2D eigenvalue weighted by Crippen LogP contribution is 2.24. The molecule has 0 spiro atoms. The van der Waals surface area contributed by atoms with Gasteiger partial charge < -0.3 is 5.32 Å². The van der Waals surface area contributed by atoms with Crippen LogP contribution in [0.15, 0.2) is 18.3 Å². The molecule has 20 heavy (non-hydrogen) atoms. The first-order chi connectivity index (χ1) is 9.40. The van der Waals surface area contributed by atoms with Gasteiger partial charge in [-0.1, -0.05) is 25.8 Å². The molecule has 0 bridgehead atoms. The average Bonchev–Trinajstić information content (AvgIpc) is 2.66. The number of nitrogens with zero attached hydrogens (tertiary/aromatic N) is 2. The molecule has 3 nitrogen and oxygen atoms in total. The molecule has 0 atom stereocenters. The van der Waals surface area contributed by atoms with E-state index in [0.717, 1.165) is 17.9 Å². The van der Waals surface area contributed by atoms with Crippen LogP contribution in [0.2, 0.25) is 0 Å². The van der Waals surface area contributed by atoms with E-state index in [1.54, 1.807) is 0 Å². The summed E-state index contributed by atoms with van der Waals surface area (Å²) in [6.07, 6.45) is 6.93. The van der Waals surface area contributed by atoms with E-state index in [9.17, 15) is 0 Å². The molecular formula is C17H27N3. The summed E-state index contributed by atoms with van der Waals surface area (Å²) in [6.45, 7) is 10.9. The van der Waals surface area contributed by atoms with Gasteiger partial charge in [-0.3, -0.25) is 4.40 Å². The van der Waals surface area contributed by atoms with Gasteiger partial charge in [0.05, 0.1) is 5.69 Å². The number of aryl methyl sites for hydroxylation is 2. The second-order valence-electron chi connectivity index (χ2n) is 6.67. The van der Waals surface area contributed by atoms with Gasteiger partial charge in [-0.25, -0.2) is 4.98 Å². The maximum absolute atomic E-state index is 4.81. The number of fused-ring (bicyclic) bond motifs is 1. The third kappa shape index (κ3) is 3.53. The second-order valence-corrected chi connectivity index (χ2v) is 6.67. The minimum Gasteiger partial charge on any atom is -0.365 e. The maximum atomic E-state index is 4.81. The molecule has 2 aromatic heterocycles. The van der Waals surface area contributed by atoms with E-state index in [0.29, 0.717) is 0 Å². The van der Waals surface area contributed by atoms with Gasteiger partial charge in [-0.05, 0) is 52.2 Å². The molecule has 2 rings (SSSR count). The van der Waals surface area contributed by atoms with Gasteiger partial charge in [-0.15, -0.1) is 0 Å². The monoisotopic (exact) mass is 273 g/mol. The van der Waals surface area contributed by atoms with Crippen molar-refractivity contribution >= 4 is 11.5 Å². The van der Waals surface area contributed by atoms with E-state index in [4.69, 9.17) is 4.98 Å². The lowest BCUT2D eigenvalue weighted by Crippen LogP contribution is -2.27. The van der Waals surface area contributed by atoms with Crippen LogP contribution in [0.5, 0.6) is 0 Å². The Hall–Kier alpha value is -1.51. The summed E-state index contributed by atoms with van der Waals surface area (Å²) in [5, 5.41) is 3.63. The predicted octanol–water partition coefficient (Wildman–Crippen LogP) is 4.59. The van der Waals surface area contributed by atoms with E-state index < -0.39 is 0 Å². The standard InChI is InChI=1S/C17H27N3/c1-6-7-8-9-14-16(19-17(3,4)5)20-12-13(2)10-11-15(20)18-14/h10-12,19H,6-9H2,1-5H3. The average molecular weight is 273 g/mol. The molecule has 2 aromatic rings. The van der Waals surface area contributed by atoms with E-state index in [1.807, 2.05) is 0 Å². The zero-order chi connectivity index (χ0) is 14.8. The second kappa shape index (κ2) is 5.86. The molecule has 0 aliphatic rings. The minimum atomic E-state index is 0.0409. The summed E-state index contributed by atoms with van der Waals surface area (Å²) < 4.78 is 2.20. The third-order valence-electron chi connectivity index (χ3n) is 3.35. The number of rotatable bonds is 5. The van der Waals surface area contributed by atoms with Crippen LogP contribution < -0.4 is 5.32 Å². The van der Waals surface area contributed by atoms with E-state index in [-0.39, 0.29) is 5.54 Å². The number of aromatic nitrogens is 2. The van der Waals surface area contributed by atoms with Crippen LogP contribution in [0.4, 0.5) is 5.82 Å². The molecule has 0 aliphatic heterocycles. The molecule has 0 radical (unpaired) electrons. The number of nitrogens with one attached hydrogen (secondary N) is 1. The highest BCUT2D eigenvalue weighted by atomic mass is 15.2. The van der Waals surface area contributed by atoms with Crippen molar-refractivity contribution in [2.45, 2.75) is 65.8 Å². The van der Waals surface area contributed by atoms with Crippen molar-refractivity contribution in [2.24, 2.45) is 0 Å². The molecule has 110 valence electrons. The molecule has 0 saturated carbocycles. The summed E-state index contributed by atoms with van der Waals surface area (Å²) in [5.41, 5.74) is 3.53. The summed E-state index contributed by atoms with van der Waals surface area (Å²) in [7, 11) is 0. The first-order valence-corrected chi connectivity index (χ1v) is 7.66. The Kier molecular flexibility index (Phi) is 4.36. The van der Waals surface area contributed by atoms with Crippen LogP contribution in [0, 0.1) is 6.92 Å². The van der Waals surface area contributed by atoms with Crippen molar-refractivity contribution in [1.82, 2.24) is 9.38 Å². The Labute approximate surface area is 122 Å². The molecule has 0 aliphatic carbocycles. The van der Waals surface area contributed by atoms with Gasteiger partial charge in [0.15, 0.2) is 0 Å². The first kappa shape index (κ1) is 14.9. The van der Waals surface area contributed by atoms with Gasteiger partial charge >= 0.3 is 0 Å². The zero-order valence-electron chi connectivity index (χ0n) is 13.5. The Morgan fingerprint density at radius 1 is 1.20 bits per heavy atom.